The molecule has 0 spiro atoms. The molecule has 1 aliphatic heterocycles. The van der Waals surface area contributed by atoms with Crippen molar-refractivity contribution in [2.75, 3.05) is 18.4 Å². The molecule has 1 saturated heterocycles. The smallest absolute Gasteiger partial charge is 0.238 e. The summed E-state index contributed by atoms with van der Waals surface area (Å²) in [6, 6.07) is 7.07. The lowest BCUT2D eigenvalue weighted by Crippen LogP contribution is -2.38. The van der Waals surface area contributed by atoms with E-state index in [0.29, 0.717) is 23.7 Å². The lowest BCUT2D eigenvalue weighted by Gasteiger charge is -2.11. The van der Waals surface area contributed by atoms with E-state index in [0.717, 1.165) is 6.42 Å². The fourth-order valence-electron chi connectivity index (χ4n) is 1.93. The maximum atomic E-state index is 11.6. The van der Waals surface area contributed by atoms with Crippen LogP contribution in [0.25, 0.3) is 0 Å². The number of halogens is 1. The summed E-state index contributed by atoms with van der Waals surface area (Å²) < 4.78 is 0. The number of carbonyl (C=O) groups is 2. The van der Waals surface area contributed by atoms with Crippen LogP contribution in [0.4, 0.5) is 5.69 Å². The van der Waals surface area contributed by atoms with E-state index in [-0.39, 0.29) is 24.4 Å². The second-order valence-electron chi connectivity index (χ2n) is 4.49. The van der Waals surface area contributed by atoms with Crippen molar-refractivity contribution in [3.63, 3.8) is 0 Å². The highest BCUT2D eigenvalue weighted by atomic mass is 35.5. The fraction of sp³-hybridized carbons (Fsp3) is 0.385. The van der Waals surface area contributed by atoms with Crippen molar-refractivity contribution in [1.82, 2.24) is 10.6 Å². The summed E-state index contributed by atoms with van der Waals surface area (Å²) >= 11 is 5.76. The number of hydrogen-bond acceptors (Lipinski definition) is 3. The van der Waals surface area contributed by atoms with Gasteiger partial charge in [-0.1, -0.05) is 11.6 Å². The average molecular weight is 282 g/mol. The van der Waals surface area contributed by atoms with Gasteiger partial charge in [0.05, 0.1) is 6.54 Å². The minimum absolute atomic E-state index is 0.0809. The van der Waals surface area contributed by atoms with Crippen molar-refractivity contribution < 1.29 is 9.59 Å². The molecule has 1 aromatic rings. The first-order valence-electron chi connectivity index (χ1n) is 6.19. The Bertz CT molecular complexity index is 461. The van der Waals surface area contributed by atoms with Gasteiger partial charge in [-0.15, -0.1) is 0 Å². The number of rotatable bonds is 5. The second kappa shape index (κ2) is 6.54. The Hall–Kier alpha value is -1.59. The van der Waals surface area contributed by atoms with E-state index < -0.39 is 0 Å². The molecule has 102 valence electrons. The first-order chi connectivity index (χ1) is 9.13. The van der Waals surface area contributed by atoms with Crippen LogP contribution in [0.2, 0.25) is 5.02 Å². The van der Waals surface area contributed by atoms with Gasteiger partial charge in [-0.25, -0.2) is 0 Å². The Morgan fingerprint density at radius 1 is 1.37 bits per heavy atom. The van der Waals surface area contributed by atoms with Gasteiger partial charge in [-0.05, 0) is 30.7 Å². The average Bonchev–Trinajstić information content (AvgIpc) is 2.78. The van der Waals surface area contributed by atoms with Gasteiger partial charge in [0.1, 0.15) is 0 Å². The van der Waals surface area contributed by atoms with Crippen molar-refractivity contribution in [3.05, 3.63) is 29.3 Å². The van der Waals surface area contributed by atoms with Crippen LogP contribution in [0.3, 0.4) is 0 Å². The predicted molar refractivity (Wildman–Crippen MR) is 74.1 cm³/mol. The van der Waals surface area contributed by atoms with Crippen molar-refractivity contribution >= 4 is 29.1 Å². The molecule has 6 heteroatoms. The molecule has 2 rings (SSSR count). The molecule has 1 atom stereocenters. The van der Waals surface area contributed by atoms with Crippen LogP contribution < -0.4 is 16.0 Å². The Labute approximate surface area is 116 Å². The SMILES string of the molecule is O=C(CNCC1CCC(=O)N1)Nc1ccc(Cl)cc1. The Morgan fingerprint density at radius 3 is 2.74 bits per heavy atom. The lowest BCUT2D eigenvalue weighted by molar-refractivity contribution is -0.119. The van der Waals surface area contributed by atoms with Gasteiger partial charge in [0.15, 0.2) is 0 Å². The van der Waals surface area contributed by atoms with Crippen LogP contribution in [0.5, 0.6) is 0 Å². The molecule has 1 fully saturated rings. The first kappa shape index (κ1) is 13.8. The molecule has 0 aromatic heterocycles. The zero-order valence-electron chi connectivity index (χ0n) is 10.4. The highest BCUT2D eigenvalue weighted by Gasteiger charge is 2.20. The molecule has 1 unspecified atom stereocenters. The topological polar surface area (TPSA) is 70.2 Å². The largest absolute Gasteiger partial charge is 0.352 e. The number of carbonyl (C=O) groups excluding carboxylic acids is 2. The molecule has 0 saturated carbocycles. The van der Waals surface area contributed by atoms with Crippen LogP contribution in [0.1, 0.15) is 12.8 Å². The van der Waals surface area contributed by atoms with Gasteiger partial charge >= 0.3 is 0 Å². The van der Waals surface area contributed by atoms with E-state index in [1.807, 2.05) is 0 Å². The van der Waals surface area contributed by atoms with Gasteiger partial charge in [-0.3, -0.25) is 9.59 Å². The van der Waals surface area contributed by atoms with E-state index in [1.54, 1.807) is 24.3 Å². The lowest BCUT2D eigenvalue weighted by atomic mass is 10.2. The van der Waals surface area contributed by atoms with Crippen LogP contribution in [0, 0.1) is 0 Å². The molecule has 0 bridgehead atoms. The third-order valence-corrected chi connectivity index (χ3v) is 3.14. The molecule has 1 heterocycles. The van der Waals surface area contributed by atoms with Gasteiger partial charge in [0.25, 0.3) is 0 Å². The van der Waals surface area contributed by atoms with Crippen molar-refractivity contribution in [2.24, 2.45) is 0 Å². The minimum Gasteiger partial charge on any atom is -0.352 e. The molecule has 0 radical (unpaired) electrons. The normalized spacial score (nSPS) is 18.2. The van der Waals surface area contributed by atoms with Crippen molar-refractivity contribution in [1.29, 1.82) is 0 Å². The summed E-state index contributed by atoms with van der Waals surface area (Å²) in [6.45, 7) is 0.828. The number of anilines is 1. The number of benzene rings is 1. The number of amides is 2. The predicted octanol–water partition coefficient (Wildman–Crippen LogP) is 1.15. The van der Waals surface area contributed by atoms with Crippen LogP contribution in [-0.4, -0.2) is 30.9 Å². The standard InChI is InChI=1S/C13H16ClN3O2/c14-9-1-3-10(4-2-9)16-13(19)8-15-7-11-5-6-12(18)17-11/h1-4,11,15H,5-8H2,(H,16,19)(H,17,18). The van der Waals surface area contributed by atoms with Gasteiger partial charge in [-0.2, -0.15) is 0 Å². The number of hydrogen-bond donors (Lipinski definition) is 3. The molecular formula is C13H16ClN3O2. The van der Waals surface area contributed by atoms with E-state index in [1.165, 1.54) is 0 Å². The molecule has 2 amide bonds. The van der Waals surface area contributed by atoms with Crippen molar-refractivity contribution in [2.45, 2.75) is 18.9 Å². The van der Waals surface area contributed by atoms with E-state index in [4.69, 9.17) is 11.6 Å². The van der Waals surface area contributed by atoms with Crippen LogP contribution in [-0.2, 0) is 9.59 Å². The molecule has 1 aromatic carbocycles. The summed E-state index contributed by atoms with van der Waals surface area (Å²) in [5.41, 5.74) is 0.713. The quantitative estimate of drug-likeness (QED) is 0.758. The molecular weight excluding hydrogens is 266 g/mol. The summed E-state index contributed by atoms with van der Waals surface area (Å²) in [6.07, 6.45) is 1.40. The van der Waals surface area contributed by atoms with E-state index >= 15 is 0 Å². The molecule has 19 heavy (non-hydrogen) atoms. The summed E-state index contributed by atoms with van der Waals surface area (Å²) in [5, 5.41) is 9.25. The maximum Gasteiger partial charge on any atom is 0.238 e. The van der Waals surface area contributed by atoms with Crippen molar-refractivity contribution in [3.8, 4) is 0 Å². The Kier molecular flexibility index (Phi) is 4.76. The van der Waals surface area contributed by atoms with Gasteiger partial charge in [0, 0.05) is 29.7 Å². The van der Waals surface area contributed by atoms with Gasteiger partial charge in [0.2, 0.25) is 11.8 Å². The molecule has 0 aliphatic carbocycles. The Morgan fingerprint density at radius 2 is 2.11 bits per heavy atom. The third kappa shape index (κ3) is 4.54. The van der Waals surface area contributed by atoms with E-state index in [9.17, 15) is 9.59 Å². The number of nitrogens with one attached hydrogen (secondary N) is 3. The summed E-state index contributed by atoms with van der Waals surface area (Å²) in [5.74, 6) is -0.0379. The molecule has 3 N–H and O–H groups in total. The minimum atomic E-state index is -0.119. The highest BCUT2D eigenvalue weighted by molar-refractivity contribution is 6.30. The van der Waals surface area contributed by atoms with Crippen LogP contribution >= 0.6 is 11.6 Å². The molecule has 5 nitrogen and oxygen atoms in total. The van der Waals surface area contributed by atoms with E-state index in [2.05, 4.69) is 16.0 Å². The fourth-order valence-corrected chi connectivity index (χ4v) is 2.05. The maximum absolute atomic E-state index is 11.6. The van der Waals surface area contributed by atoms with Gasteiger partial charge < -0.3 is 16.0 Å². The Balaban J connectivity index is 1.67. The second-order valence-corrected chi connectivity index (χ2v) is 4.93. The highest BCUT2D eigenvalue weighted by Crippen LogP contribution is 2.13. The first-order valence-corrected chi connectivity index (χ1v) is 6.57. The third-order valence-electron chi connectivity index (χ3n) is 2.89. The monoisotopic (exact) mass is 281 g/mol. The summed E-state index contributed by atoms with van der Waals surface area (Å²) in [7, 11) is 0. The zero-order valence-corrected chi connectivity index (χ0v) is 11.2. The van der Waals surface area contributed by atoms with Crippen LogP contribution in [0.15, 0.2) is 24.3 Å². The zero-order chi connectivity index (χ0) is 13.7. The summed E-state index contributed by atoms with van der Waals surface area (Å²) in [4.78, 5) is 22.6. The molecule has 1 aliphatic rings.